The van der Waals surface area contributed by atoms with Crippen LogP contribution in [0.25, 0.3) is 10.9 Å². The number of rotatable bonds is 7. The summed E-state index contributed by atoms with van der Waals surface area (Å²) in [6.07, 6.45) is 3.82. The molecule has 0 bridgehead atoms. The second kappa shape index (κ2) is 10.8. The SMILES string of the molecule is COc1cc2c(NC(=S)NC(C)c3ccccc3)ncnc2cc1OCC1CCN(C)CC1. The fraction of sp³-hybridized carbons (Fsp3) is 0.400. The number of methoxy groups -OCH3 is 1. The van der Waals surface area contributed by atoms with Crippen molar-refractivity contribution in [1.29, 1.82) is 0 Å². The number of likely N-dealkylation sites (tertiary alicyclic amines) is 1. The Kier molecular flexibility index (Phi) is 7.57. The Morgan fingerprint density at radius 2 is 1.91 bits per heavy atom. The molecule has 2 heterocycles. The smallest absolute Gasteiger partial charge is 0.172 e. The lowest BCUT2D eigenvalue weighted by Gasteiger charge is -2.28. The van der Waals surface area contributed by atoms with Crippen molar-refractivity contribution in [3.05, 3.63) is 54.4 Å². The first-order chi connectivity index (χ1) is 16.0. The summed E-state index contributed by atoms with van der Waals surface area (Å²) in [7, 11) is 3.81. The van der Waals surface area contributed by atoms with Crippen molar-refractivity contribution in [3.63, 3.8) is 0 Å². The number of fused-ring (bicyclic) bond motifs is 1. The van der Waals surface area contributed by atoms with E-state index in [0.29, 0.717) is 35.0 Å². The highest BCUT2D eigenvalue weighted by atomic mass is 32.1. The molecule has 2 aromatic carbocycles. The van der Waals surface area contributed by atoms with Crippen LogP contribution in [0.15, 0.2) is 48.8 Å². The van der Waals surface area contributed by atoms with Gasteiger partial charge in [-0.3, -0.25) is 0 Å². The largest absolute Gasteiger partial charge is 0.493 e. The van der Waals surface area contributed by atoms with Crippen molar-refractivity contribution < 1.29 is 9.47 Å². The molecule has 0 amide bonds. The maximum absolute atomic E-state index is 6.17. The Bertz CT molecular complexity index is 1090. The average Bonchev–Trinajstić information content (AvgIpc) is 2.83. The van der Waals surface area contributed by atoms with Gasteiger partial charge in [-0.1, -0.05) is 30.3 Å². The van der Waals surface area contributed by atoms with Gasteiger partial charge in [0, 0.05) is 11.5 Å². The lowest BCUT2D eigenvalue weighted by molar-refractivity contribution is 0.157. The molecule has 3 aromatic rings. The predicted octanol–water partition coefficient (Wildman–Crippen LogP) is 4.41. The minimum Gasteiger partial charge on any atom is -0.493 e. The van der Waals surface area contributed by atoms with Gasteiger partial charge in [0.25, 0.3) is 0 Å². The molecule has 0 aliphatic carbocycles. The molecule has 33 heavy (non-hydrogen) atoms. The minimum absolute atomic E-state index is 0.0633. The van der Waals surface area contributed by atoms with Gasteiger partial charge >= 0.3 is 0 Å². The summed E-state index contributed by atoms with van der Waals surface area (Å²) in [6.45, 7) is 4.97. The number of thiocarbonyl (C=S) groups is 1. The van der Waals surface area contributed by atoms with E-state index in [1.165, 1.54) is 6.33 Å². The van der Waals surface area contributed by atoms with Crippen molar-refractivity contribution in [2.75, 3.05) is 39.2 Å². The van der Waals surface area contributed by atoms with Crippen LogP contribution in [0.4, 0.5) is 5.82 Å². The van der Waals surface area contributed by atoms with Crippen LogP contribution in [0.2, 0.25) is 0 Å². The molecule has 1 aliphatic rings. The Morgan fingerprint density at radius 1 is 1.15 bits per heavy atom. The fourth-order valence-electron chi connectivity index (χ4n) is 4.04. The number of aromatic nitrogens is 2. The number of hydrogen-bond acceptors (Lipinski definition) is 6. The van der Waals surface area contributed by atoms with Crippen molar-refractivity contribution >= 4 is 34.1 Å². The van der Waals surface area contributed by atoms with Gasteiger partial charge in [-0.2, -0.15) is 0 Å². The molecule has 1 aromatic heterocycles. The summed E-state index contributed by atoms with van der Waals surface area (Å²) in [5.41, 5.74) is 1.92. The van der Waals surface area contributed by atoms with E-state index in [4.69, 9.17) is 21.7 Å². The molecule has 1 atom stereocenters. The first-order valence-electron chi connectivity index (χ1n) is 11.3. The number of anilines is 1. The summed E-state index contributed by atoms with van der Waals surface area (Å²) in [4.78, 5) is 11.2. The zero-order valence-corrected chi connectivity index (χ0v) is 20.2. The number of benzene rings is 2. The van der Waals surface area contributed by atoms with Crippen LogP contribution < -0.4 is 20.1 Å². The summed E-state index contributed by atoms with van der Waals surface area (Å²) >= 11 is 5.54. The molecule has 1 saturated heterocycles. The number of piperidine rings is 1. The fourth-order valence-corrected chi connectivity index (χ4v) is 4.31. The van der Waals surface area contributed by atoms with Crippen LogP contribution in [0.1, 0.15) is 31.4 Å². The Balaban J connectivity index is 1.47. The molecule has 2 N–H and O–H groups in total. The van der Waals surface area contributed by atoms with Gasteiger partial charge in [0.15, 0.2) is 16.6 Å². The molecular weight excluding hydrogens is 434 g/mol. The quantitative estimate of drug-likeness (QED) is 0.498. The Hall–Kier alpha value is -2.97. The van der Waals surface area contributed by atoms with E-state index in [-0.39, 0.29) is 6.04 Å². The second-order valence-corrected chi connectivity index (χ2v) is 8.94. The molecule has 0 radical (unpaired) electrons. The maximum atomic E-state index is 6.17. The molecule has 1 unspecified atom stereocenters. The van der Waals surface area contributed by atoms with E-state index < -0.39 is 0 Å². The third-order valence-corrected chi connectivity index (χ3v) is 6.33. The monoisotopic (exact) mass is 465 g/mol. The first kappa shape index (κ1) is 23.2. The van der Waals surface area contributed by atoms with Crippen LogP contribution in [0.5, 0.6) is 11.5 Å². The van der Waals surface area contributed by atoms with E-state index in [9.17, 15) is 0 Å². The Morgan fingerprint density at radius 3 is 2.64 bits per heavy atom. The highest BCUT2D eigenvalue weighted by Gasteiger charge is 2.19. The number of ether oxygens (including phenoxy) is 2. The van der Waals surface area contributed by atoms with Gasteiger partial charge in [0.1, 0.15) is 12.1 Å². The summed E-state index contributed by atoms with van der Waals surface area (Å²) in [5.74, 6) is 2.54. The molecule has 1 fully saturated rings. The molecule has 7 nitrogen and oxygen atoms in total. The van der Waals surface area contributed by atoms with Gasteiger partial charge in [-0.15, -0.1) is 0 Å². The van der Waals surface area contributed by atoms with E-state index in [0.717, 1.165) is 42.4 Å². The highest BCUT2D eigenvalue weighted by molar-refractivity contribution is 7.80. The molecule has 1 aliphatic heterocycles. The van der Waals surface area contributed by atoms with Crippen molar-refractivity contribution in [1.82, 2.24) is 20.2 Å². The predicted molar refractivity (Wildman–Crippen MR) is 136 cm³/mol. The first-order valence-corrected chi connectivity index (χ1v) is 11.7. The third kappa shape index (κ3) is 5.89. The van der Waals surface area contributed by atoms with Crippen LogP contribution in [0, 0.1) is 5.92 Å². The molecule has 4 rings (SSSR count). The van der Waals surface area contributed by atoms with Crippen LogP contribution >= 0.6 is 12.2 Å². The summed E-state index contributed by atoms with van der Waals surface area (Å²) < 4.78 is 11.8. The van der Waals surface area contributed by atoms with Crippen LogP contribution in [-0.4, -0.2) is 53.8 Å². The van der Waals surface area contributed by atoms with E-state index in [1.807, 2.05) is 30.3 Å². The van der Waals surface area contributed by atoms with Crippen molar-refractivity contribution in [3.8, 4) is 11.5 Å². The van der Waals surface area contributed by atoms with Gasteiger partial charge in [-0.25, -0.2) is 9.97 Å². The second-order valence-electron chi connectivity index (χ2n) is 8.53. The standard InChI is InChI=1S/C25H31N5O2S/c1-17(19-7-5-4-6-8-19)28-25(33)29-24-20-13-22(31-3)23(14-21(20)26-16-27-24)32-15-18-9-11-30(2)12-10-18/h4-8,13-14,16-18H,9-12,15H2,1-3H3,(H2,26,27,28,29,33). The molecule has 8 heteroatoms. The van der Waals surface area contributed by atoms with Crippen molar-refractivity contribution in [2.24, 2.45) is 5.92 Å². The molecular formula is C25H31N5O2S. The molecule has 0 saturated carbocycles. The lowest BCUT2D eigenvalue weighted by Crippen LogP contribution is -2.32. The lowest BCUT2D eigenvalue weighted by atomic mass is 9.98. The third-order valence-electron chi connectivity index (χ3n) is 6.11. The number of hydrogen-bond donors (Lipinski definition) is 2. The normalized spacial score (nSPS) is 15.7. The Labute approximate surface area is 200 Å². The van der Waals surface area contributed by atoms with E-state index in [2.05, 4.69) is 51.6 Å². The summed E-state index contributed by atoms with van der Waals surface area (Å²) in [5, 5.41) is 7.83. The average molecular weight is 466 g/mol. The topological polar surface area (TPSA) is 71.5 Å². The molecule has 0 spiro atoms. The molecule has 174 valence electrons. The zero-order chi connectivity index (χ0) is 23.2. The van der Waals surface area contributed by atoms with Gasteiger partial charge in [0.2, 0.25) is 0 Å². The van der Waals surface area contributed by atoms with E-state index >= 15 is 0 Å². The zero-order valence-electron chi connectivity index (χ0n) is 19.4. The number of nitrogens with zero attached hydrogens (tertiary/aromatic N) is 3. The summed E-state index contributed by atoms with van der Waals surface area (Å²) in [6, 6.07) is 14.1. The van der Waals surface area contributed by atoms with Gasteiger partial charge in [-0.05, 0) is 69.7 Å². The minimum atomic E-state index is 0.0633. The van der Waals surface area contributed by atoms with Crippen molar-refractivity contribution in [2.45, 2.75) is 25.8 Å². The maximum Gasteiger partial charge on any atom is 0.172 e. The van der Waals surface area contributed by atoms with Gasteiger partial charge in [0.05, 0.1) is 25.3 Å². The highest BCUT2D eigenvalue weighted by Crippen LogP contribution is 2.34. The van der Waals surface area contributed by atoms with E-state index in [1.54, 1.807) is 7.11 Å². The van der Waals surface area contributed by atoms with Gasteiger partial charge < -0.3 is 25.0 Å². The van der Waals surface area contributed by atoms with Crippen LogP contribution in [-0.2, 0) is 0 Å². The van der Waals surface area contributed by atoms with Crippen LogP contribution in [0.3, 0.4) is 0 Å². The number of nitrogens with one attached hydrogen (secondary N) is 2.